The van der Waals surface area contributed by atoms with Crippen LogP contribution in [-0.2, 0) is 28.9 Å². The van der Waals surface area contributed by atoms with E-state index >= 15 is 0 Å². The minimum atomic E-state index is -3.62. The molecule has 1 aliphatic rings. The standard InChI is InChI=1S/C23H27N5O5S/c1-14-5-6-18(11-15(14)2)34(32,33)28-9-7-16(8-10-28)21(29)25-17-12-19-20(24-13-17)26(3)23(31)27(4)22(19)30/h5-6,11-13,16H,7-10H2,1-4H3,(H,25,29). The first-order valence-electron chi connectivity index (χ1n) is 10.9. The fourth-order valence-corrected chi connectivity index (χ4v) is 5.72. The molecule has 1 N–H and O–H groups in total. The summed E-state index contributed by atoms with van der Waals surface area (Å²) in [7, 11) is -0.716. The molecule has 1 fully saturated rings. The Morgan fingerprint density at radius 2 is 1.71 bits per heavy atom. The van der Waals surface area contributed by atoms with Crippen LogP contribution in [0.25, 0.3) is 11.0 Å². The van der Waals surface area contributed by atoms with E-state index in [4.69, 9.17) is 0 Å². The van der Waals surface area contributed by atoms with Crippen molar-refractivity contribution in [1.82, 2.24) is 18.4 Å². The molecule has 0 atom stereocenters. The van der Waals surface area contributed by atoms with E-state index in [1.807, 2.05) is 13.8 Å². The van der Waals surface area contributed by atoms with Crippen LogP contribution in [0.1, 0.15) is 24.0 Å². The molecule has 0 aliphatic carbocycles. The number of carbonyl (C=O) groups is 1. The fourth-order valence-electron chi connectivity index (χ4n) is 4.16. The molecule has 4 rings (SSSR count). The Bertz CT molecular complexity index is 1520. The highest BCUT2D eigenvalue weighted by molar-refractivity contribution is 7.89. The van der Waals surface area contributed by atoms with Crippen molar-refractivity contribution in [3.8, 4) is 0 Å². The molecule has 180 valence electrons. The number of anilines is 1. The number of aromatic nitrogens is 3. The monoisotopic (exact) mass is 485 g/mol. The summed E-state index contributed by atoms with van der Waals surface area (Å²) in [5.41, 5.74) is 1.54. The van der Waals surface area contributed by atoms with Crippen LogP contribution in [0.5, 0.6) is 0 Å². The number of nitrogens with one attached hydrogen (secondary N) is 1. The molecule has 0 radical (unpaired) electrons. The van der Waals surface area contributed by atoms with Crippen molar-refractivity contribution in [2.24, 2.45) is 20.0 Å². The van der Waals surface area contributed by atoms with E-state index < -0.39 is 21.3 Å². The molecular weight excluding hydrogens is 458 g/mol. The van der Waals surface area contributed by atoms with E-state index in [1.54, 1.807) is 18.2 Å². The maximum absolute atomic E-state index is 13.0. The topological polar surface area (TPSA) is 123 Å². The van der Waals surface area contributed by atoms with Crippen LogP contribution in [0.4, 0.5) is 5.69 Å². The number of amides is 1. The van der Waals surface area contributed by atoms with Gasteiger partial charge < -0.3 is 5.32 Å². The van der Waals surface area contributed by atoms with Gasteiger partial charge in [0.2, 0.25) is 15.9 Å². The molecule has 0 bridgehead atoms. The Hall–Kier alpha value is -3.31. The molecule has 0 saturated carbocycles. The lowest BCUT2D eigenvalue weighted by molar-refractivity contribution is -0.120. The molecule has 1 saturated heterocycles. The number of benzene rings is 1. The molecular formula is C23H27N5O5S. The number of piperidine rings is 1. The summed E-state index contributed by atoms with van der Waals surface area (Å²) in [6.45, 7) is 4.29. The van der Waals surface area contributed by atoms with Gasteiger partial charge in [0.05, 0.1) is 22.2 Å². The van der Waals surface area contributed by atoms with Crippen LogP contribution in [0, 0.1) is 19.8 Å². The molecule has 3 heterocycles. The maximum atomic E-state index is 13.0. The highest BCUT2D eigenvalue weighted by Gasteiger charge is 2.32. The number of pyridine rings is 1. The van der Waals surface area contributed by atoms with Gasteiger partial charge in [0.15, 0.2) is 0 Å². The minimum Gasteiger partial charge on any atom is -0.324 e. The largest absolute Gasteiger partial charge is 0.332 e. The van der Waals surface area contributed by atoms with Crippen LogP contribution in [0.3, 0.4) is 0 Å². The minimum absolute atomic E-state index is 0.219. The van der Waals surface area contributed by atoms with E-state index in [0.717, 1.165) is 15.7 Å². The molecule has 1 aliphatic heterocycles. The highest BCUT2D eigenvalue weighted by atomic mass is 32.2. The van der Waals surface area contributed by atoms with Crippen LogP contribution in [0.2, 0.25) is 0 Å². The molecule has 10 nitrogen and oxygen atoms in total. The summed E-state index contributed by atoms with van der Waals surface area (Å²) >= 11 is 0. The maximum Gasteiger partial charge on any atom is 0.332 e. The summed E-state index contributed by atoms with van der Waals surface area (Å²) in [6.07, 6.45) is 2.17. The fraction of sp³-hybridized carbons (Fsp3) is 0.391. The summed E-state index contributed by atoms with van der Waals surface area (Å²) in [5.74, 6) is -0.629. The Kier molecular flexibility index (Phi) is 6.17. The Balaban J connectivity index is 1.47. The zero-order valence-electron chi connectivity index (χ0n) is 19.5. The average Bonchev–Trinajstić information content (AvgIpc) is 2.83. The quantitative estimate of drug-likeness (QED) is 0.594. The SMILES string of the molecule is Cc1ccc(S(=O)(=O)N2CCC(C(=O)Nc3cnc4c(c3)c(=O)n(C)c(=O)n4C)CC2)cc1C. The second-order valence-electron chi connectivity index (χ2n) is 8.71. The molecule has 0 unspecified atom stereocenters. The van der Waals surface area contributed by atoms with Gasteiger partial charge in [0, 0.05) is 33.1 Å². The van der Waals surface area contributed by atoms with Crippen LogP contribution < -0.4 is 16.6 Å². The summed E-state index contributed by atoms with van der Waals surface area (Å²) < 4.78 is 29.7. The van der Waals surface area contributed by atoms with Crippen molar-refractivity contribution in [2.45, 2.75) is 31.6 Å². The van der Waals surface area contributed by atoms with E-state index in [9.17, 15) is 22.8 Å². The first-order chi connectivity index (χ1) is 16.0. The number of fused-ring (bicyclic) bond motifs is 1. The normalized spacial score (nSPS) is 15.5. The number of sulfonamides is 1. The van der Waals surface area contributed by atoms with Gasteiger partial charge in [-0.1, -0.05) is 6.07 Å². The highest BCUT2D eigenvalue weighted by Crippen LogP contribution is 2.26. The van der Waals surface area contributed by atoms with Crippen molar-refractivity contribution in [2.75, 3.05) is 18.4 Å². The van der Waals surface area contributed by atoms with Gasteiger partial charge in [-0.3, -0.25) is 18.7 Å². The third kappa shape index (κ3) is 4.16. The van der Waals surface area contributed by atoms with Gasteiger partial charge >= 0.3 is 5.69 Å². The molecule has 3 aromatic rings. The van der Waals surface area contributed by atoms with Crippen LogP contribution >= 0.6 is 0 Å². The second-order valence-corrected chi connectivity index (χ2v) is 10.7. The number of rotatable bonds is 4. The van der Waals surface area contributed by atoms with E-state index in [1.165, 1.54) is 35.2 Å². The van der Waals surface area contributed by atoms with Crippen molar-refractivity contribution in [3.63, 3.8) is 0 Å². The first-order valence-corrected chi connectivity index (χ1v) is 12.4. The molecule has 1 aromatic carbocycles. The second kappa shape index (κ2) is 8.80. The van der Waals surface area contributed by atoms with Gasteiger partial charge in [-0.2, -0.15) is 4.31 Å². The van der Waals surface area contributed by atoms with Gasteiger partial charge in [0.25, 0.3) is 5.56 Å². The predicted octanol–water partition coefficient (Wildman–Crippen LogP) is 1.29. The third-order valence-corrected chi connectivity index (χ3v) is 8.40. The summed E-state index contributed by atoms with van der Waals surface area (Å²) in [4.78, 5) is 41.8. The molecule has 11 heteroatoms. The predicted molar refractivity (Wildman–Crippen MR) is 128 cm³/mol. The van der Waals surface area contributed by atoms with E-state index in [-0.39, 0.29) is 40.8 Å². The van der Waals surface area contributed by atoms with E-state index in [0.29, 0.717) is 18.5 Å². The van der Waals surface area contributed by atoms with Crippen molar-refractivity contribution in [3.05, 3.63) is 62.4 Å². The number of aryl methyl sites for hydroxylation is 3. The van der Waals surface area contributed by atoms with Crippen LogP contribution in [-0.4, -0.2) is 45.8 Å². The van der Waals surface area contributed by atoms with Gasteiger partial charge in [-0.25, -0.2) is 18.2 Å². The van der Waals surface area contributed by atoms with Gasteiger partial charge in [0.1, 0.15) is 5.65 Å². The zero-order chi connectivity index (χ0) is 24.8. The molecule has 1 amide bonds. The van der Waals surface area contributed by atoms with E-state index in [2.05, 4.69) is 10.3 Å². The molecule has 2 aromatic heterocycles. The first kappa shape index (κ1) is 23.8. The van der Waals surface area contributed by atoms with Crippen molar-refractivity contribution < 1.29 is 13.2 Å². The van der Waals surface area contributed by atoms with Crippen LogP contribution in [0.15, 0.2) is 44.9 Å². The van der Waals surface area contributed by atoms with Crippen molar-refractivity contribution in [1.29, 1.82) is 0 Å². The smallest absolute Gasteiger partial charge is 0.324 e. The lowest BCUT2D eigenvalue weighted by Crippen LogP contribution is -2.41. The van der Waals surface area contributed by atoms with Crippen molar-refractivity contribution >= 4 is 32.7 Å². The summed E-state index contributed by atoms with van der Waals surface area (Å²) in [6, 6.07) is 6.59. The van der Waals surface area contributed by atoms with Gasteiger partial charge in [-0.05, 0) is 56.0 Å². The third-order valence-electron chi connectivity index (χ3n) is 6.50. The number of nitrogens with zero attached hydrogens (tertiary/aromatic N) is 4. The lowest BCUT2D eigenvalue weighted by atomic mass is 9.97. The molecule has 0 spiro atoms. The van der Waals surface area contributed by atoms with Gasteiger partial charge in [-0.15, -0.1) is 0 Å². The Morgan fingerprint density at radius 1 is 1.03 bits per heavy atom. The molecule has 34 heavy (non-hydrogen) atoms. The number of carbonyl (C=O) groups excluding carboxylic acids is 1. The number of hydrogen-bond acceptors (Lipinski definition) is 6. The lowest BCUT2D eigenvalue weighted by Gasteiger charge is -2.30. The average molecular weight is 486 g/mol. The zero-order valence-corrected chi connectivity index (χ0v) is 20.3. The number of hydrogen-bond donors (Lipinski definition) is 1. The Morgan fingerprint density at radius 3 is 2.35 bits per heavy atom. The Labute approximate surface area is 196 Å². The summed E-state index contributed by atoms with van der Waals surface area (Å²) in [5, 5.41) is 3.00.